The van der Waals surface area contributed by atoms with Gasteiger partial charge < -0.3 is 5.73 Å². The van der Waals surface area contributed by atoms with Crippen LogP contribution in [-0.2, 0) is 0 Å². The first-order valence-corrected chi connectivity index (χ1v) is 5.58. The van der Waals surface area contributed by atoms with Crippen molar-refractivity contribution in [3.05, 3.63) is 0 Å². The monoisotopic (exact) mass is 205 g/mol. The normalized spacial score (nSPS) is 20.8. The Balaban J connectivity index is 0.00000144. The number of nitrogens with two attached hydrogens (primary N) is 1. The Morgan fingerprint density at radius 1 is 1.23 bits per heavy atom. The summed E-state index contributed by atoms with van der Waals surface area (Å²) < 4.78 is 0. The van der Waals surface area contributed by atoms with Crippen molar-refractivity contribution in [2.45, 2.75) is 64.3 Å². The molecule has 0 aromatic rings. The minimum Gasteiger partial charge on any atom is -0.328 e. The van der Waals surface area contributed by atoms with Crippen LogP contribution in [0.4, 0.5) is 0 Å². The molecule has 1 fully saturated rings. The van der Waals surface area contributed by atoms with E-state index in [-0.39, 0.29) is 12.4 Å². The summed E-state index contributed by atoms with van der Waals surface area (Å²) in [5.41, 5.74) is 5.89. The van der Waals surface area contributed by atoms with Crippen LogP contribution >= 0.6 is 12.4 Å². The van der Waals surface area contributed by atoms with E-state index in [1.165, 1.54) is 44.9 Å². The first-order valence-electron chi connectivity index (χ1n) is 5.58. The van der Waals surface area contributed by atoms with Crippen molar-refractivity contribution in [1.29, 1.82) is 0 Å². The lowest BCUT2D eigenvalue weighted by Crippen LogP contribution is -2.20. The molecule has 80 valence electrons. The first-order chi connectivity index (χ1) is 5.83. The van der Waals surface area contributed by atoms with Gasteiger partial charge in [-0.15, -0.1) is 12.4 Å². The molecule has 1 rings (SSSR count). The number of rotatable bonds is 4. The molecule has 13 heavy (non-hydrogen) atoms. The third-order valence-corrected chi connectivity index (χ3v) is 3.19. The number of hydrogen-bond donors (Lipinski definition) is 1. The van der Waals surface area contributed by atoms with Gasteiger partial charge in [-0.3, -0.25) is 0 Å². The van der Waals surface area contributed by atoms with Gasteiger partial charge in [0.2, 0.25) is 0 Å². The molecule has 1 atom stereocenters. The summed E-state index contributed by atoms with van der Waals surface area (Å²) in [7, 11) is 0. The fraction of sp³-hybridized carbons (Fsp3) is 1.00. The van der Waals surface area contributed by atoms with Gasteiger partial charge in [0.25, 0.3) is 0 Å². The van der Waals surface area contributed by atoms with Gasteiger partial charge in [0.05, 0.1) is 0 Å². The predicted octanol–water partition coefficient (Wildman–Crippen LogP) is 3.51. The van der Waals surface area contributed by atoms with Gasteiger partial charge in [0.1, 0.15) is 0 Å². The van der Waals surface area contributed by atoms with Crippen LogP contribution in [0.3, 0.4) is 0 Å². The highest BCUT2D eigenvalue weighted by Crippen LogP contribution is 2.27. The number of halogens is 1. The molecule has 0 amide bonds. The van der Waals surface area contributed by atoms with Crippen molar-refractivity contribution in [3.63, 3.8) is 0 Å². The maximum Gasteiger partial charge on any atom is 0.00363 e. The zero-order valence-electron chi connectivity index (χ0n) is 8.80. The lowest BCUT2D eigenvalue weighted by atomic mass is 9.85. The molecule has 0 radical (unpaired) electrons. The summed E-state index contributed by atoms with van der Waals surface area (Å²) in [4.78, 5) is 0. The van der Waals surface area contributed by atoms with Crippen LogP contribution in [0.2, 0.25) is 0 Å². The van der Waals surface area contributed by atoms with Gasteiger partial charge in [0, 0.05) is 6.04 Å². The maximum atomic E-state index is 5.89. The Kier molecular flexibility index (Phi) is 7.78. The third-order valence-electron chi connectivity index (χ3n) is 3.19. The summed E-state index contributed by atoms with van der Waals surface area (Å²) in [5, 5.41) is 0. The SMILES string of the molecule is CC[C@@H](N)CCC1CCCCC1.Cl. The van der Waals surface area contributed by atoms with Crippen molar-refractivity contribution in [3.8, 4) is 0 Å². The molecule has 2 N–H and O–H groups in total. The molecule has 1 aliphatic rings. The summed E-state index contributed by atoms with van der Waals surface area (Å²) in [6.07, 6.45) is 11.1. The van der Waals surface area contributed by atoms with Crippen LogP contribution in [0.15, 0.2) is 0 Å². The quantitative estimate of drug-likeness (QED) is 0.747. The maximum absolute atomic E-state index is 5.89. The Morgan fingerprint density at radius 3 is 2.38 bits per heavy atom. The molecule has 1 saturated carbocycles. The van der Waals surface area contributed by atoms with Crippen molar-refractivity contribution in [2.24, 2.45) is 11.7 Å². The van der Waals surface area contributed by atoms with Crippen LogP contribution in [0.25, 0.3) is 0 Å². The highest BCUT2D eigenvalue weighted by atomic mass is 35.5. The highest BCUT2D eigenvalue weighted by Gasteiger charge is 2.13. The Bertz CT molecular complexity index is 111. The highest BCUT2D eigenvalue weighted by molar-refractivity contribution is 5.85. The average molecular weight is 206 g/mol. The summed E-state index contributed by atoms with van der Waals surface area (Å²) in [6, 6.07) is 0.465. The van der Waals surface area contributed by atoms with Crippen LogP contribution in [0.5, 0.6) is 0 Å². The van der Waals surface area contributed by atoms with Crippen molar-refractivity contribution < 1.29 is 0 Å². The number of hydrogen-bond acceptors (Lipinski definition) is 1. The molecule has 0 saturated heterocycles. The molecular weight excluding hydrogens is 182 g/mol. The van der Waals surface area contributed by atoms with Crippen LogP contribution in [0, 0.1) is 5.92 Å². The van der Waals surface area contributed by atoms with E-state index in [0.29, 0.717) is 6.04 Å². The lowest BCUT2D eigenvalue weighted by molar-refractivity contribution is 0.322. The molecule has 2 heteroatoms. The van der Waals surface area contributed by atoms with E-state index in [4.69, 9.17) is 5.73 Å². The first kappa shape index (κ1) is 13.2. The second-order valence-corrected chi connectivity index (χ2v) is 4.25. The van der Waals surface area contributed by atoms with E-state index in [9.17, 15) is 0 Å². The molecule has 1 aliphatic carbocycles. The Labute approximate surface area is 88.9 Å². The molecule has 0 bridgehead atoms. The van der Waals surface area contributed by atoms with E-state index in [0.717, 1.165) is 12.3 Å². The van der Waals surface area contributed by atoms with E-state index < -0.39 is 0 Å². The molecular formula is C11H24ClN. The van der Waals surface area contributed by atoms with Crippen LogP contribution < -0.4 is 5.73 Å². The zero-order valence-corrected chi connectivity index (χ0v) is 9.61. The van der Waals surface area contributed by atoms with Gasteiger partial charge in [0.15, 0.2) is 0 Å². The molecule has 0 unspecified atom stereocenters. The van der Waals surface area contributed by atoms with Crippen LogP contribution in [-0.4, -0.2) is 6.04 Å². The van der Waals surface area contributed by atoms with Gasteiger partial charge in [-0.05, 0) is 25.2 Å². The smallest absolute Gasteiger partial charge is 0.00363 e. The predicted molar refractivity (Wildman–Crippen MR) is 61.3 cm³/mol. The molecule has 0 aliphatic heterocycles. The second kappa shape index (κ2) is 7.64. The van der Waals surface area contributed by atoms with Gasteiger partial charge in [-0.2, -0.15) is 0 Å². The fourth-order valence-electron chi connectivity index (χ4n) is 2.13. The molecule has 0 spiro atoms. The van der Waals surface area contributed by atoms with E-state index in [2.05, 4.69) is 6.92 Å². The summed E-state index contributed by atoms with van der Waals surface area (Å²) >= 11 is 0. The van der Waals surface area contributed by atoms with E-state index in [1.807, 2.05) is 0 Å². The topological polar surface area (TPSA) is 26.0 Å². The Hall–Kier alpha value is 0.250. The second-order valence-electron chi connectivity index (χ2n) is 4.25. The van der Waals surface area contributed by atoms with Crippen molar-refractivity contribution >= 4 is 12.4 Å². The van der Waals surface area contributed by atoms with E-state index in [1.54, 1.807) is 0 Å². The van der Waals surface area contributed by atoms with Crippen LogP contribution in [0.1, 0.15) is 58.3 Å². The van der Waals surface area contributed by atoms with Gasteiger partial charge in [-0.1, -0.05) is 39.0 Å². The van der Waals surface area contributed by atoms with Gasteiger partial charge in [-0.25, -0.2) is 0 Å². The Morgan fingerprint density at radius 2 is 1.85 bits per heavy atom. The van der Waals surface area contributed by atoms with Crippen molar-refractivity contribution in [1.82, 2.24) is 0 Å². The third kappa shape index (κ3) is 5.53. The molecule has 0 heterocycles. The molecule has 0 aromatic heterocycles. The zero-order chi connectivity index (χ0) is 8.81. The lowest BCUT2D eigenvalue weighted by Gasteiger charge is -2.22. The van der Waals surface area contributed by atoms with Gasteiger partial charge >= 0.3 is 0 Å². The fourth-order valence-corrected chi connectivity index (χ4v) is 2.13. The average Bonchev–Trinajstić information content (AvgIpc) is 2.16. The van der Waals surface area contributed by atoms with E-state index >= 15 is 0 Å². The standard InChI is InChI=1S/C11H23N.ClH/c1-2-11(12)9-8-10-6-4-3-5-7-10;/h10-11H,2-9,12H2,1H3;1H/t11-;/m1./s1. The molecule has 0 aromatic carbocycles. The largest absolute Gasteiger partial charge is 0.328 e. The minimum absolute atomic E-state index is 0. The summed E-state index contributed by atoms with van der Waals surface area (Å²) in [5.74, 6) is 1.01. The summed E-state index contributed by atoms with van der Waals surface area (Å²) in [6.45, 7) is 2.19. The van der Waals surface area contributed by atoms with Crippen molar-refractivity contribution in [2.75, 3.05) is 0 Å². The molecule has 1 nitrogen and oxygen atoms in total. The minimum atomic E-state index is 0.